The van der Waals surface area contributed by atoms with Crippen LogP contribution < -0.4 is 9.64 Å². The molecular weight excluding hydrogens is 270 g/mol. The van der Waals surface area contributed by atoms with E-state index in [1.807, 2.05) is 48.5 Å². The van der Waals surface area contributed by atoms with Gasteiger partial charge in [0, 0.05) is 11.6 Å². The Morgan fingerprint density at radius 1 is 1.20 bits per heavy atom. The molecule has 2 aromatic rings. The first kappa shape index (κ1) is 13.1. The van der Waals surface area contributed by atoms with Gasteiger partial charge in [-0.2, -0.15) is 0 Å². The van der Waals surface area contributed by atoms with Crippen molar-refractivity contribution < 1.29 is 4.74 Å². The maximum Gasteiger partial charge on any atom is 0.150 e. The van der Waals surface area contributed by atoms with Crippen molar-refractivity contribution in [2.24, 2.45) is 0 Å². The number of benzene rings is 2. The molecule has 0 atom stereocenters. The van der Waals surface area contributed by atoms with E-state index in [2.05, 4.69) is 17.9 Å². The molecule has 0 N–H and O–H groups in total. The molecule has 1 aliphatic rings. The van der Waals surface area contributed by atoms with E-state index in [4.69, 9.17) is 16.3 Å². The lowest BCUT2D eigenvalue weighted by Gasteiger charge is -2.31. The van der Waals surface area contributed by atoms with Gasteiger partial charge in [-0.1, -0.05) is 35.9 Å². The van der Waals surface area contributed by atoms with Crippen LogP contribution in [0.2, 0.25) is 5.02 Å². The number of fused-ring (bicyclic) bond motifs is 1. The summed E-state index contributed by atoms with van der Waals surface area (Å²) in [6, 6.07) is 15.9. The first-order valence-corrected chi connectivity index (χ1v) is 7.12. The summed E-state index contributed by atoms with van der Waals surface area (Å²) in [5.74, 6) is 1.85. The normalized spacial score (nSPS) is 15.9. The standard InChI is InChI=1S/C17H16ClNO/c1-2-19-12-15(11-13-6-5-7-14(18)10-13)20-17-9-4-3-8-16(17)19/h3-11H,2,12H2,1H3/b15-11-. The number of nitrogens with zero attached hydrogens (tertiary/aromatic N) is 1. The second-order valence-electron chi connectivity index (χ2n) is 4.75. The van der Waals surface area contributed by atoms with E-state index in [0.717, 1.165) is 40.9 Å². The van der Waals surface area contributed by atoms with Crippen LogP contribution >= 0.6 is 11.6 Å². The van der Waals surface area contributed by atoms with E-state index in [1.165, 1.54) is 0 Å². The first-order chi connectivity index (χ1) is 9.76. The average molecular weight is 286 g/mol. The largest absolute Gasteiger partial charge is 0.458 e. The van der Waals surface area contributed by atoms with Crippen LogP contribution in [-0.2, 0) is 0 Å². The molecule has 20 heavy (non-hydrogen) atoms. The van der Waals surface area contributed by atoms with E-state index in [0.29, 0.717) is 0 Å². The third kappa shape index (κ3) is 2.66. The molecule has 0 fully saturated rings. The molecule has 2 nitrogen and oxygen atoms in total. The highest BCUT2D eigenvalue weighted by Crippen LogP contribution is 2.34. The number of rotatable bonds is 2. The Morgan fingerprint density at radius 2 is 2.05 bits per heavy atom. The minimum Gasteiger partial charge on any atom is -0.458 e. The smallest absolute Gasteiger partial charge is 0.150 e. The van der Waals surface area contributed by atoms with Crippen molar-refractivity contribution in [1.29, 1.82) is 0 Å². The number of ether oxygens (including phenoxy) is 1. The Bertz CT molecular complexity index is 651. The Labute approximate surface area is 124 Å². The highest BCUT2D eigenvalue weighted by Gasteiger charge is 2.19. The molecule has 1 aliphatic heterocycles. The minimum absolute atomic E-state index is 0.739. The zero-order valence-corrected chi connectivity index (χ0v) is 12.1. The molecule has 0 spiro atoms. The molecular formula is C17H16ClNO. The van der Waals surface area contributed by atoms with Crippen LogP contribution in [0.3, 0.4) is 0 Å². The van der Waals surface area contributed by atoms with Crippen LogP contribution in [0.15, 0.2) is 54.3 Å². The predicted molar refractivity (Wildman–Crippen MR) is 84.4 cm³/mol. The Hall–Kier alpha value is -1.93. The lowest BCUT2D eigenvalue weighted by Crippen LogP contribution is -2.30. The summed E-state index contributed by atoms with van der Waals surface area (Å²) in [5.41, 5.74) is 2.21. The molecule has 0 aromatic heterocycles. The number of para-hydroxylation sites is 2. The van der Waals surface area contributed by atoms with Crippen molar-refractivity contribution in [2.45, 2.75) is 6.92 Å². The third-order valence-electron chi connectivity index (χ3n) is 3.35. The van der Waals surface area contributed by atoms with Gasteiger partial charge >= 0.3 is 0 Å². The van der Waals surface area contributed by atoms with Crippen LogP contribution in [-0.4, -0.2) is 13.1 Å². The molecule has 0 saturated heterocycles. The van der Waals surface area contributed by atoms with Crippen LogP contribution in [0.25, 0.3) is 6.08 Å². The summed E-state index contributed by atoms with van der Waals surface area (Å²) in [5, 5.41) is 0.739. The molecule has 102 valence electrons. The quantitative estimate of drug-likeness (QED) is 0.799. The molecule has 3 rings (SSSR count). The second kappa shape index (κ2) is 5.59. The molecule has 0 unspecified atom stereocenters. The summed E-state index contributed by atoms with van der Waals surface area (Å²) in [4.78, 5) is 2.30. The third-order valence-corrected chi connectivity index (χ3v) is 3.59. The fraction of sp³-hybridized carbons (Fsp3) is 0.176. The number of hydrogen-bond donors (Lipinski definition) is 0. The van der Waals surface area contributed by atoms with Gasteiger partial charge in [0.15, 0.2) is 0 Å². The van der Waals surface area contributed by atoms with Gasteiger partial charge in [0.2, 0.25) is 0 Å². The molecule has 0 amide bonds. The van der Waals surface area contributed by atoms with E-state index in [1.54, 1.807) is 0 Å². The monoisotopic (exact) mass is 285 g/mol. The van der Waals surface area contributed by atoms with Gasteiger partial charge in [0.1, 0.15) is 11.5 Å². The summed E-state index contributed by atoms with van der Waals surface area (Å²) in [6.07, 6.45) is 2.05. The van der Waals surface area contributed by atoms with Crippen LogP contribution in [0, 0.1) is 0 Å². The zero-order chi connectivity index (χ0) is 13.9. The summed E-state index contributed by atoms with van der Waals surface area (Å²) in [6.45, 7) is 3.88. The van der Waals surface area contributed by atoms with Crippen molar-refractivity contribution in [1.82, 2.24) is 0 Å². The fourth-order valence-electron chi connectivity index (χ4n) is 2.39. The van der Waals surface area contributed by atoms with E-state index < -0.39 is 0 Å². The van der Waals surface area contributed by atoms with Gasteiger partial charge in [0.05, 0.1) is 12.2 Å². The Balaban J connectivity index is 1.94. The van der Waals surface area contributed by atoms with Gasteiger partial charge in [-0.25, -0.2) is 0 Å². The molecule has 0 aliphatic carbocycles. The van der Waals surface area contributed by atoms with E-state index >= 15 is 0 Å². The number of likely N-dealkylation sites (N-methyl/N-ethyl adjacent to an activating group) is 1. The molecule has 2 aromatic carbocycles. The average Bonchev–Trinajstić information content (AvgIpc) is 2.46. The SMILES string of the molecule is CCN1C/C(=C/c2cccc(Cl)c2)Oc2ccccc21. The molecule has 0 radical (unpaired) electrons. The maximum atomic E-state index is 6.02. The lowest BCUT2D eigenvalue weighted by atomic mass is 10.1. The second-order valence-corrected chi connectivity index (χ2v) is 5.19. The first-order valence-electron chi connectivity index (χ1n) is 6.74. The molecule has 0 saturated carbocycles. The van der Waals surface area contributed by atoms with Crippen LogP contribution in [0.1, 0.15) is 12.5 Å². The molecule has 3 heteroatoms. The zero-order valence-electron chi connectivity index (χ0n) is 11.3. The predicted octanol–water partition coefficient (Wildman–Crippen LogP) is 4.60. The van der Waals surface area contributed by atoms with Crippen molar-refractivity contribution in [3.8, 4) is 5.75 Å². The molecule has 0 bridgehead atoms. The minimum atomic E-state index is 0.739. The number of anilines is 1. The van der Waals surface area contributed by atoms with Gasteiger partial charge in [-0.3, -0.25) is 0 Å². The van der Waals surface area contributed by atoms with Crippen molar-refractivity contribution in [3.05, 3.63) is 64.9 Å². The number of hydrogen-bond acceptors (Lipinski definition) is 2. The van der Waals surface area contributed by atoms with Gasteiger partial charge in [0.25, 0.3) is 0 Å². The highest BCUT2D eigenvalue weighted by molar-refractivity contribution is 6.30. The van der Waals surface area contributed by atoms with Gasteiger partial charge in [-0.15, -0.1) is 0 Å². The maximum absolute atomic E-state index is 6.02. The lowest BCUT2D eigenvalue weighted by molar-refractivity contribution is 0.401. The van der Waals surface area contributed by atoms with Gasteiger partial charge < -0.3 is 9.64 Å². The van der Waals surface area contributed by atoms with Crippen molar-refractivity contribution >= 4 is 23.4 Å². The number of halogens is 1. The van der Waals surface area contributed by atoms with Crippen molar-refractivity contribution in [2.75, 3.05) is 18.0 Å². The topological polar surface area (TPSA) is 12.5 Å². The van der Waals surface area contributed by atoms with E-state index in [-0.39, 0.29) is 0 Å². The highest BCUT2D eigenvalue weighted by atomic mass is 35.5. The molecule has 1 heterocycles. The van der Waals surface area contributed by atoms with Crippen LogP contribution in [0.4, 0.5) is 5.69 Å². The van der Waals surface area contributed by atoms with Gasteiger partial charge in [-0.05, 0) is 42.8 Å². The van der Waals surface area contributed by atoms with Crippen LogP contribution in [0.5, 0.6) is 5.75 Å². The fourth-order valence-corrected chi connectivity index (χ4v) is 2.59. The summed E-state index contributed by atoms with van der Waals surface area (Å²) in [7, 11) is 0. The van der Waals surface area contributed by atoms with Crippen molar-refractivity contribution in [3.63, 3.8) is 0 Å². The Kier molecular flexibility index (Phi) is 3.66. The Morgan fingerprint density at radius 3 is 2.85 bits per heavy atom. The van der Waals surface area contributed by atoms with E-state index in [9.17, 15) is 0 Å². The summed E-state index contributed by atoms with van der Waals surface area (Å²) < 4.78 is 5.98. The summed E-state index contributed by atoms with van der Waals surface area (Å²) >= 11 is 6.02.